The highest BCUT2D eigenvalue weighted by atomic mass is 15.0. The third-order valence-corrected chi connectivity index (χ3v) is 3.65. The Morgan fingerprint density at radius 3 is 2.43 bits per heavy atom. The van der Waals surface area contributed by atoms with E-state index < -0.39 is 0 Å². The smallest absolute Gasteiger partial charge is 0.0280 e. The first kappa shape index (κ1) is 9.82. The molecule has 2 heterocycles. The van der Waals surface area contributed by atoms with Gasteiger partial charge >= 0.3 is 0 Å². The van der Waals surface area contributed by atoms with Crippen LogP contribution in [-0.4, -0.2) is 4.57 Å². The van der Waals surface area contributed by atoms with Crippen molar-refractivity contribution in [2.75, 3.05) is 0 Å². The SMILES string of the molecule is CCc1c(C)c(C)c2n1CC(C)(C)C2. The van der Waals surface area contributed by atoms with E-state index in [1.54, 1.807) is 11.4 Å². The van der Waals surface area contributed by atoms with Crippen molar-refractivity contribution in [2.45, 2.75) is 54.0 Å². The van der Waals surface area contributed by atoms with Crippen molar-refractivity contribution in [3.8, 4) is 0 Å². The highest BCUT2D eigenvalue weighted by molar-refractivity contribution is 5.39. The average molecular weight is 191 g/mol. The van der Waals surface area contributed by atoms with Gasteiger partial charge in [0.05, 0.1) is 0 Å². The molecule has 78 valence electrons. The Morgan fingerprint density at radius 2 is 1.86 bits per heavy atom. The lowest BCUT2D eigenvalue weighted by Crippen LogP contribution is -2.14. The standard InChI is InChI=1S/C13H21N/c1-6-11-9(2)10(3)12-7-13(4,5)8-14(11)12/h6-8H2,1-5H3. The quantitative estimate of drug-likeness (QED) is 0.642. The Bertz CT molecular complexity index is 369. The lowest BCUT2D eigenvalue weighted by molar-refractivity contribution is 0.355. The molecule has 0 atom stereocenters. The molecule has 0 unspecified atom stereocenters. The van der Waals surface area contributed by atoms with Gasteiger partial charge < -0.3 is 4.57 Å². The Morgan fingerprint density at radius 1 is 1.21 bits per heavy atom. The molecule has 0 fully saturated rings. The lowest BCUT2D eigenvalue weighted by atomic mass is 9.89. The summed E-state index contributed by atoms with van der Waals surface area (Å²) in [7, 11) is 0. The van der Waals surface area contributed by atoms with Gasteiger partial charge in [-0.25, -0.2) is 0 Å². The van der Waals surface area contributed by atoms with Crippen molar-refractivity contribution >= 4 is 0 Å². The number of rotatable bonds is 1. The summed E-state index contributed by atoms with van der Waals surface area (Å²) in [4.78, 5) is 0. The second-order valence-corrected chi connectivity index (χ2v) is 5.42. The van der Waals surface area contributed by atoms with Crippen molar-refractivity contribution < 1.29 is 0 Å². The average Bonchev–Trinajstić information content (AvgIpc) is 2.50. The molecule has 0 radical (unpaired) electrons. The van der Waals surface area contributed by atoms with Crippen molar-refractivity contribution in [1.82, 2.24) is 4.57 Å². The fourth-order valence-electron chi connectivity index (χ4n) is 2.81. The molecule has 1 aromatic rings. The zero-order valence-corrected chi connectivity index (χ0v) is 10.1. The summed E-state index contributed by atoms with van der Waals surface area (Å²) in [5, 5.41) is 0. The zero-order chi connectivity index (χ0) is 10.5. The van der Waals surface area contributed by atoms with Crippen LogP contribution >= 0.6 is 0 Å². The van der Waals surface area contributed by atoms with Crippen LogP contribution in [0.15, 0.2) is 0 Å². The number of nitrogens with zero attached hydrogens (tertiary/aromatic N) is 1. The highest BCUT2D eigenvalue weighted by Gasteiger charge is 2.32. The van der Waals surface area contributed by atoms with Crippen molar-refractivity contribution in [1.29, 1.82) is 0 Å². The van der Waals surface area contributed by atoms with Crippen LogP contribution in [0.1, 0.15) is 43.3 Å². The third kappa shape index (κ3) is 1.22. The topological polar surface area (TPSA) is 4.93 Å². The van der Waals surface area contributed by atoms with E-state index in [1.165, 1.54) is 30.5 Å². The van der Waals surface area contributed by atoms with E-state index in [1.807, 2.05) is 0 Å². The largest absolute Gasteiger partial charge is 0.348 e. The summed E-state index contributed by atoms with van der Waals surface area (Å²) >= 11 is 0. The van der Waals surface area contributed by atoms with Gasteiger partial charge in [-0.15, -0.1) is 0 Å². The maximum absolute atomic E-state index is 2.56. The highest BCUT2D eigenvalue weighted by Crippen LogP contribution is 2.37. The number of fused-ring (bicyclic) bond motifs is 1. The minimum atomic E-state index is 0.470. The molecule has 1 aliphatic heterocycles. The van der Waals surface area contributed by atoms with Crippen LogP contribution in [0.5, 0.6) is 0 Å². The van der Waals surface area contributed by atoms with E-state index in [2.05, 4.69) is 39.2 Å². The van der Waals surface area contributed by atoms with Crippen LogP contribution in [0.4, 0.5) is 0 Å². The molecule has 0 saturated heterocycles. The van der Waals surface area contributed by atoms with Crippen LogP contribution < -0.4 is 0 Å². The number of aromatic nitrogens is 1. The van der Waals surface area contributed by atoms with Gasteiger partial charge in [0, 0.05) is 17.9 Å². The molecule has 1 nitrogen and oxygen atoms in total. The summed E-state index contributed by atoms with van der Waals surface area (Å²) in [6, 6.07) is 0. The molecule has 0 amide bonds. The van der Waals surface area contributed by atoms with Crippen LogP contribution in [0.2, 0.25) is 0 Å². The number of hydrogen-bond donors (Lipinski definition) is 0. The van der Waals surface area contributed by atoms with Gasteiger partial charge in [0.2, 0.25) is 0 Å². The minimum Gasteiger partial charge on any atom is -0.348 e. The molecule has 1 aliphatic rings. The van der Waals surface area contributed by atoms with E-state index in [-0.39, 0.29) is 0 Å². The molecular weight excluding hydrogens is 170 g/mol. The molecule has 1 heteroatoms. The van der Waals surface area contributed by atoms with Gasteiger partial charge in [-0.05, 0) is 43.2 Å². The second-order valence-electron chi connectivity index (χ2n) is 5.42. The molecular formula is C13H21N. The second kappa shape index (κ2) is 2.88. The van der Waals surface area contributed by atoms with Crippen LogP contribution in [0.25, 0.3) is 0 Å². The lowest BCUT2D eigenvalue weighted by Gasteiger charge is -2.17. The van der Waals surface area contributed by atoms with E-state index >= 15 is 0 Å². The third-order valence-electron chi connectivity index (χ3n) is 3.65. The van der Waals surface area contributed by atoms with Crippen LogP contribution in [0.3, 0.4) is 0 Å². The maximum Gasteiger partial charge on any atom is 0.0280 e. The molecule has 2 rings (SSSR count). The Labute approximate surface area is 87.1 Å². The van der Waals surface area contributed by atoms with Gasteiger partial charge in [-0.1, -0.05) is 20.8 Å². The summed E-state index contributed by atoms with van der Waals surface area (Å²) in [6.45, 7) is 12.8. The van der Waals surface area contributed by atoms with Crippen molar-refractivity contribution in [2.24, 2.45) is 5.41 Å². The molecule has 14 heavy (non-hydrogen) atoms. The first-order valence-corrected chi connectivity index (χ1v) is 5.63. The molecule has 0 aliphatic carbocycles. The Balaban J connectivity index is 2.55. The predicted molar refractivity (Wildman–Crippen MR) is 60.8 cm³/mol. The van der Waals surface area contributed by atoms with Gasteiger partial charge in [0.15, 0.2) is 0 Å². The van der Waals surface area contributed by atoms with Crippen molar-refractivity contribution in [3.05, 3.63) is 22.5 Å². The molecule has 1 aromatic heterocycles. The van der Waals surface area contributed by atoms with E-state index in [9.17, 15) is 0 Å². The zero-order valence-electron chi connectivity index (χ0n) is 10.1. The summed E-state index contributed by atoms with van der Waals surface area (Å²) in [5.74, 6) is 0. The monoisotopic (exact) mass is 191 g/mol. The predicted octanol–water partition coefficient (Wildman–Crippen LogP) is 3.25. The van der Waals surface area contributed by atoms with Crippen molar-refractivity contribution in [3.63, 3.8) is 0 Å². The Kier molecular flexibility index (Phi) is 2.02. The van der Waals surface area contributed by atoms with Crippen LogP contribution in [0, 0.1) is 19.3 Å². The summed E-state index contributed by atoms with van der Waals surface area (Å²) in [6.07, 6.45) is 2.42. The van der Waals surface area contributed by atoms with E-state index in [4.69, 9.17) is 0 Å². The molecule has 0 bridgehead atoms. The summed E-state index contributed by atoms with van der Waals surface area (Å²) in [5.41, 5.74) is 6.68. The first-order valence-electron chi connectivity index (χ1n) is 5.63. The van der Waals surface area contributed by atoms with Gasteiger partial charge in [0.25, 0.3) is 0 Å². The summed E-state index contributed by atoms with van der Waals surface area (Å²) < 4.78 is 2.56. The normalized spacial score (nSPS) is 18.6. The van der Waals surface area contributed by atoms with Crippen LogP contribution in [-0.2, 0) is 19.4 Å². The Hall–Kier alpha value is -0.720. The van der Waals surface area contributed by atoms with Gasteiger partial charge in [-0.3, -0.25) is 0 Å². The first-order chi connectivity index (χ1) is 6.46. The maximum atomic E-state index is 2.56. The van der Waals surface area contributed by atoms with Gasteiger partial charge in [0.1, 0.15) is 0 Å². The molecule has 0 saturated carbocycles. The van der Waals surface area contributed by atoms with E-state index in [0.717, 1.165) is 0 Å². The van der Waals surface area contributed by atoms with E-state index in [0.29, 0.717) is 5.41 Å². The molecule has 0 N–H and O–H groups in total. The number of hydrogen-bond acceptors (Lipinski definition) is 0. The fourth-order valence-corrected chi connectivity index (χ4v) is 2.81. The minimum absolute atomic E-state index is 0.470. The van der Waals surface area contributed by atoms with Gasteiger partial charge in [-0.2, -0.15) is 0 Å². The molecule has 0 spiro atoms. The molecule has 0 aromatic carbocycles. The fraction of sp³-hybridized carbons (Fsp3) is 0.692.